The second kappa shape index (κ2) is 5.67. The van der Waals surface area contributed by atoms with Crippen molar-refractivity contribution < 1.29 is 19.4 Å². The lowest BCUT2D eigenvalue weighted by Gasteiger charge is -2.19. The summed E-state index contributed by atoms with van der Waals surface area (Å²) in [4.78, 5) is 22.7. The minimum absolute atomic E-state index is 0.190. The normalized spacial score (nSPS) is 22.7. The molecule has 1 saturated carbocycles. The standard InChI is InChI=1S/C14H16O4/c15-13(16)11-7-4-8-12(11)14(17)18-9-10-5-2-1-3-6-10/h1-3,5-6,11-12H,4,7-9H2,(H,15,16)/p-1/t11-,12+/m0/s1. The summed E-state index contributed by atoms with van der Waals surface area (Å²) in [5.41, 5.74) is 0.897. The Kier molecular flexibility index (Phi) is 3.97. The van der Waals surface area contributed by atoms with Crippen molar-refractivity contribution in [3.05, 3.63) is 35.9 Å². The molecule has 1 aliphatic carbocycles. The molecule has 0 radical (unpaired) electrons. The van der Waals surface area contributed by atoms with Gasteiger partial charge in [-0.1, -0.05) is 36.8 Å². The molecule has 0 amide bonds. The zero-order chi connectivity index (χ0) is 13.0. The molecule has 18 heavy (non-hydrogen) atoms. The summed E-state index contributed by atoms with van der Waals surface area (Å²) < 4.78 is 5.16. The molecule has 1 aromatic rings. The van der Waals surface area contributed by atoms with Gasteiger partial charge in [0.1, 0.15) is 6.61 Å². The van der Waals surface area contributed by atoms with Gasteiger partial charge in [0.05, 0.1) is 5.92 Å². The second-order valence-electron chi connectivity index (χ2n) is 4.56. The lowest BCUT2D eigenvalue weighted by atomic mass is 9.96. The van der Waals surface area contributed by atoms with Crippen molar-refractivity contribution in [1.82, 2.24) is 0 Å². The number of esters is 1. The van der Waals surface area contributed by atoms with Gasteiger partial charge >= 0.3 is 5.97 Å². The first-order valence-electron chi connectivity index (χ1n) is 6.10. The van der Waals surface area contributed by atoms with Gasteiger partial charge in [-0.15, -0.1) is 0 Å². The van der Waals surface area contributed by atoms with Crippen LogP contribution in [0.15, 0.2) is 30.3 Å². The first kappa shape index (κ1) is 12.6. The number of rotatable bonds is 4. The van der Waals surface area contributed by atoms with Gasteiger partial charge in [0.25, 0.3) is 0 Å². The van der Waals surface area contributed by atoms with Crippen molar-refractivity contribution in [3.63, 3.8) is 0 Å². The van der Waals surface area contributed by atoms with Gasteiger partial charge in [-0.25, -0.2) is 0 Å². The molecule has 0 heterocycles. The third-order valence-electron chi connectivity index (χ3n) is 3.35. The van der Waals surface area contributed by atoms with Gasteiger partial charge in [0.2, 0.25) is 0 Å². The van der Waals surface area contributed by atoms with E-state index < -0.39 is 23.8 Å². The third-order valence-corrected chi connectivity index (χ3v) is 3.35. The van der Waals surface area contributed by atoms with Crippen LogP contribution in [0, 0.1) is 11.8 Å². The minimum atomic E-state index is -1.14. The average molecular weight is 247 g/mol. The van der Waals surface area contributed by atoms with E-state index in [1.54, 1.807) is 0 Å². The fourth-order valence-corrected chi connectivity index (χ4v) is 2.36. The molecule has 0 saturated heterocycles. The number of carboxylic acids is 1. The van der Waals surface area contributed by atoms with Crippen LogP contribution in [0.25, 0.3) is 0 Å². The Labute approximate surface area is 106 Å². The van der Waals surface area contributed by atoms with E-state index in [1.165, 1.54) is 0 Å². The topological polar surface area (TPSA) is 66.4 Å². The summed E-state index contributed by atoms with van der Waals surface area (Å²) >= 11 is 0. The maximum atomic E-state index is 11.8. The van der Waals surface area contributed by atoms with Crippen LogP contribution >= 0.6 is 0 Å². The quantitative estimate of drug-likeness (QED) is 0.741. The predicted octanol–water partition coefficient (Wildman–Crippen LogP) is 0.896. The van der Waals surface area contributed by atoms with E-state index in [-0.39, 0.29) is 6.61 Å². The number of carbonyl (C=O) groups excluding carboxylic acids is 2. The SMILES string of the molecule is O=C([O-])[C@H]1CCC[C@H]1C(=O)OCc1ccccc1. The van der Waals surface area contributed by atoms with E-state index in [0.29, 0.717) is 12.8 Å². The fraction of sp³-hybridized carbons (Fsp3) is 0.429. The van der Waals surface area contributed by atoms with Crippen LogP contribution in [0.3, 0.4) is 0 Å². The summed E-state index contributed by atoms with van der Waals surface area (Å²) in [6, 6.07) is 9.33. The smallest absolute Gasteiger partial charge is 0.309 e. The zero-order valence-corrected chi connectivity index (χ0v) is 10.0. The van der Waals surface area contributed by atoms with Crippen molar-refractivity contribution in [1.29, 1.82) is 0 Å². The van der Waals surface area contributed by atoms with Gasteiger partial charge in [-0.05, 0) is 18.4 Å². The Balaban J connectivity index is 1.90. The van der Waals surface area contributed by atoms with Crippen LogP contribution in [0.4, 0.5) is 0 Å². The number of hydrogen-bond donors (Lipinski definition) is 0. The van der Waals surface area contributed by atoms with Crippen LogP contribution in [-0.2, 0) is 20.9 Å². The highest BCUT2D eigenvalue weighted by molar-refractivity contribution is 5.80. The Morgan fingerprint density at radius 3 is 2.50 bits per heavy atom. The molecule has 96 valence electrons. The molecule has 4 nitrogen and oxygen atoms in total. The van der Waals surface area contributed by atoms with Gasteiger partial charge in [0, 0.05) is 11.9 Å². The molecule has 0 N–H and O–H groups in total. The van der Waals surface area contributed by atoms with Crippen LogP contribution in [-0.4, -0.2) is 11.9 Å². The van der Waals surface area contributed by atoms with E-state index in [1.807, 2.05) is 30.3 Å². The second-order valence-corrected chi connectivity index (χ2v) is 4.56. The molecule has 0 aliphatic heterocycles. The van der Waals surface area contributed by atoms with Gasteiger partial charge in [-0.3, -0.25) is 4.79 Å². The summed E-state index contributed by atoms with van der Waals surface area (Å²) in [7, 11) is 0. The Morgan fingerprint density at radius 2 is 1.83 bits per heavy atom. The zero-order valence-electron chi connectivity index (χ0n) is 10.0. The highest BCUT2D eigenvalue weighted by Gasteiger charge is 2.34. The van der Waals surface area contributed by atoms with Crippen LogP contribution in [0.5, 0.6) is 0 Å². The van der Waals surface area contributed by atoms with Gasteiger partial charge < -0.3 is 14.6 Å². The molecule has 0 bridgehead atoms. The average Bonchev–Trinajstić information content (AvgIpc) is 2.86. The number of hydrogen-bond acceptors (Lipinski definition) is 4. The summed E-state index contributed by atoms with van der Waals surface area (Å²) in [6.45, 7) is 0.190. The fourth-order valence-electron chi connectivity index (χ4n) is 2.36. The summed E-state index contributed by atoms with van der Waals surface area (Å²) in [5.74, 6) is -2.80. The summed E-state index contributed by atoms with van der Waals surface area (Å²) in [5, 5.41) is 10.9. The van der Waals surface area contributed by atoms with Crippen molar-refractivity contribution in [2.45, 2.75) is 25.9 Å². The van der Waals surface area contributed by atoms with Gasteiger partial charge in [0.15, 0.2) is 0 Å². The molecular formula is C14H15O4-. The highest BCUT2D eigenvalue weighted by Crippen LogP contribution is 2.32. The third kappa shape index (κ3) is 2.88. The summed E-state index contributed by atoms with van der Waals surface area (Å²) in [6.07, 6.45) is 1.82. The monoisotopic (exact) mass is 247 g/mol. The van der Waals surface area contributed by atoms with E-state index in [2.05, 4.69) is 0 Å². The first-order chi connectivity index (χ1) is 8.68. The molecule has 1 aliphatic rings. The molecule has 0 spiro atoms. The number of aliphatic carboxylic acids is 1. The lowest BCUT2D eigenvalue weighted by Crippen LogP contribution is -2.36. The Bertz CT molecular complexity index is 427. The molecule has 4 heteroatoms. The number of carboxylic acid groups (broad SMARTS) is 1. The Morgan fingerprint density at radius 1 is 1.17 bits per heavy atom. The van der Waals surface area contributed by atoms with Crippen LogP contribution in [0.1, 0.15) is 24.8 Å². The molecule has 0 unspecified atom stereocenters. The molecular weight excluding hydrogens is 232 g/mol. The highest BCUT2D eigenvalue weighted by atomic mass is 16.5. The molecule has 2 atom stereocenters. The van der Waals surface area contributed by atoms with Crippen molar-refractivity contribution in [3.8, 4) is 0 Å². The lowest BCUT2D eigenvalue weighted by molar-refractivity contribution is -0.312. The maximum absolute atomic E-state index is 11.8. The predicted molar refractivity (Wildman–Crippen MR) is 62.1 cm³/mol. The Hall–Kier alpha value is -1.84. The maximum Gasteiger partial charge on any atom is 0.309 e. The van der Waals surface area contributed by atoms with Crippen LogP contribution in [0.2, 0.25) is 0 Å². The number of ether oxygens (including phenoxy) is 1. The van der Waals surface area contributed by atoms with E-state index in [4.69, 9.17) is 4.74 Å². The van der Waals surface area contributed by atoms with E-state index in [9.17, 15) is 14.7 Å². The largest absolute Gasteiger partial charge is 0.550 e. The molecule has 0 aromatic heterocycles. The molecule has 1 fully saturated rings. The first-order valence-corrected chi connectivity index (χ1v) is 6.10. The van der Waals surface area contributed by atoms with Gasteiger partial charge in [-0.2, -0.15) is 0 Å². The number of carbonyl (C=O) groups is 2. The van der Waals surface area contributed by atoms with Crippen molar-refractivity contribution in [2.24, 2.45) is 11.8 Å². The van der Waals surface area contributed by atoms with Crippen molar-refractivity contribution >= 4 is 11.9 Å². The number of benzene rings is 1. The van der Waals surface area contributed by atoms with E-state index in [0.717, 1.165) is 12.0 Å². The molecule has 2 rings (SSSR count). The van der Waals surface area contributed by atoms with Crippen LogP contribution < -0.4 is 5.11 Å². The van der Waals surface area contributed by atoms with Crippen molar-refractivity contribution in [2.75, 3.05) is 0 Å². The minimum Gasteiger partial charge on any atom is -0.550 e. The molecule has 1 aromatic carbocycles. The van der Waals surface area contributed by atoms with E-state index >= 15 is 0 Å².